The van der Waals surface area contributed by atoms with Gasteiger partial charge < -0.3 is 14.6 Å². The Bertz CT molecular complexity index is 1120. The van der Waals surface area contributed by atoms with Crippen LogP contribution < -0.4 is 15.6 Å². The number of amides is 2. The van der Waals surface area contributed by atoms with Crippen molar-refractivity contribution in [3.8, 4) is 0 Å². The van der Waals surface area contributed by atoms with Crippen LogP contribution in [0.5, 0.6) is 0 Å². The Morgan fingerprint density at radius 2 is 1.93 bits per heavy atom. The van der Waals surface area contributed by atoms with Gasteiger partial charge in [0.1, 0.15) is 5.58 Å². The molecule has 0 unspecified atom stereocenters. The number of nitrogens with zero attached hydrogens (tertiary/aromatic N) is 1. The maximum Gasteiger partial charge on any atom is 0.291 e. The Balaban J connectivity index is 1.62. The summed E-state index contributed by atoms with van der Waals surface area (Å²) in [6, 6.07) is 13.5. The summed E-state index contributed by atoms with van der Waals surface area (Å²) in [4.78, 5) is 38.4. The topological polar surface area (TPSA) is 79.6 Å². The maximum absolute atomic E-state index is 12.5. The highest BCUT2D eigenvalue weighted by atomic mass is 16.3. The first kappa shape index (κ1) is 17.0. The Hall–Kier alpha value is -3.41. The van der Waals surface area contributed by atoms with E-state index in [-0.39, 0.29) is 17.1 Å². The first-order valence-electron chi connectivity index (χ1n) is 8.84. The molecule has 2 heterocycles. The van der Waals surface area contributed by atoms with E-state index in [4.69, 9.17) is 4.42 Å². The molecule has 1 aromatic heterocycles. The molecule has 2 aromatic carbocycles. The molecule has 6 nitrogen and oxygen atoms in total. The van der Waals surface area contributed by atoms with Gasteiger partial charge in [-0.05, 0) is 49.2 Å². The third kappa shape index (κ3) is 3.10. The molecule has 6 heteroatoms. The van der Waals surface area contributed by atoms with Crippen molar-refractivity contribution in [2.24, 2.45) is 0 Å². The van der Waals surface area contributed by atoms with Crippen LogP contribution in [0.4, 0.5) is 11.4 Å². The van der Waals surface area contributed by atoms with Crippen molar-refractivity contribution in [2.75, 3.05) is 16.8 Å². The minimum Gasteiger partial charge on any atom is -0.451 e. The number of para-hydroxylation sites is 1. The van der Waals surface area contributed by atoms with Crippen LogP contribution in [0.25, 0.3) is 11.0 Å². The van der Waals surface area contributed by atoms with Crippen LogP contribution in [-0.4, -0.2) is 18.4 Å². The van der Waals surface area contributed by atoms with Crippen LogP contribution >= 0.6 is 0 Å². The monoisotopic (exact) mass is 362 g/mol. The SMILES string of the molecule is CCN1C(=O)CCc2cc(NC(=O)c3cc(=O)c4ccccc4o3)ccc21. The largest absolute Gasteiger partial charge is 0.451 e. The standard InChI is InChI=1S/C21H18N2O4/c1-2-23-16-9-8-14(11-13(16)7-10-20(23)25)22-21(26)19-12-17(24)15-5-3-4-6-18(15)27-19/h3-6,8-9,11-12H,2,7,10H2,1H3,(H,22,26). The number of hydrogen-bond donors (Lipinski definition) is 1. The van der Waals surface area contributed by atoms with Crippen molar-refractivity contribution in [2.45, 2.75) is 19.8 Å². The van der Waals surface area contributed by atoms with Gasteiger partial charge in [0.2, 0.25) is 5.91 Å². The lowest BCUT2D eigenvalue weighted by molar-refractivity contribution is -0.118. The highest BCUT2D eigenvalue weighted by Gasteiger charge is 2.23. The molecule has 0 saturated carbocycles. The molecule has 0 atom stereocenters. The molecule has 2 amide bonds. The summed E-state index contributed by atoms with van der Waals surface area (Å²) >= 11 is 0. The van der Waals surface area contributed by atoms with E-state index < -0.39 is 5.91 Å². The average Bonchev–Trinajstić information content (AvgIpc) is 2.68. The molecular formula is C21H18N2O4. The molecule has 136 valence electrons. The quantitative estimate of drug-likeness (QED) is 0.775. The number of aryl methyl sites for hydroxylation is 1. The fourth-order valence-electron chi connectivity index (χ4n) is 3.39. The number of anilines is 2. The summed E-state index contributed by atoms with van der Waals surface area (Å²) in [6.07, 6.45) is 1.09. The van der Waals surface area contributed by atoms with E-state index in [1.54, 1.807) is 35.2 Å². The van der Waals surface area contributed by atoms with Crippen molar-refractivity contribution < 1.29 is 14.0 Å². The average molecular weight is 362 g/mol. The predicted octanol–water partition coefficient (Wildman–Crippen LogP) is 3.34. The highest BCUT2D eigenvalue weighted by molar-refractivity contribution is 6.03. The van der Waals surface area contributed by atoms with E-state index >= 15 is 0 Å². The van der Waals surface area contributed by atoms with Crippen LogP contribution in [0.2, 0.25) is 0 Å². The van der Waals surface area contributed by atoms with E-state index in [2.05, 4.69) is 5.32 Å². The van der Waals surface area contributed by atoms with Crippen LogP contribution in [-0.2, 0) is 11.2 Å². The minimum absolute atomic E-state index is 0.0400. The molecule has 0 radical (unpaired) electrons. The van der Waals surface area contributed by atoms with Gasteiger partial charge in [0.05, 0.1) is 5.39 Å². The molecule has 0 bridgehead atoms. The number of fused-ring (bicyclic) bond motifs is 2. The Labute approximate surface area is 155 Å². The van der Waals surface area contributed by atoms with Crippen molar-refractivity contribution in [1.29, 1.82) is 0 Å². The first-order chi connectivity index (χ1) is 13.1. The van der Waals surface area contributed by atoms with E-state index in [0.29, 0.717) is 36.0 Å². The third-order valence-electron chi connectivity index (χ3n) is 4.71. The summed E-state index contributed by atoms with van der Waals surface area (Å²) in [5.41, 5.74) is 2.60. The van der Waals surface area contributed by atoms with Crippen LogP contribution in [0.15, 0.2) is 57.7 Å². The second kappa shape index (κ2) is 6.72. The maximum atomic E-state index is 12.5. The van der Waals surface area contributed by atoms with Gasteiger partial charge in [-0.15, -0.1) is 0 Å². The first-order valence-corrected chi connectivity index (χ1v) is 8.84. The Morgan fingerprint density at radius 1 is 1.11 bits per heavy atom. The van der Waals surface area contributed by atoms with Gasteiger partial charge in [-0.25, -0.2) is 0 Å². The Kier molecular flexibility index (Phi) is 4.24. The summed E-state index contributed by atoms with van der Waals surface area (Å²) in [5.74, 6) is -0.418. The van der Waals surface area contributed by atoms with E-state index in [0.717, 1.165) is 11.3 Å². The fraction of sp³-hybridized carbons (Fsp3) is 0.190. The Morgan fingerprint density at radius 3 is 2.74 bits per heavy atom. The van der Waals surface area contributed by atoms with Crippen molar-refractivity contribution in [3.63, 3.8) is 0 Å². The van der Waals surface area contributed by atoms with Crippen molar-refractivity contribution in [1.82, 2.24) is 0 Å². The molecule has 3 aromatic rings. The predicted molar refractivity (Wildman–Crippen MR) is 103 cm³/mol. The number of carbonyl (C=O) groups excluding carboxylic acids is 2. The van der Waals surface area contributed by atoms with Gasteiger partial charge in [-0.3, -0.25) is 14.4 Å². The molecule has 1 N–H and O–H groups in total. The van der Waals surface area contributed by atoms with E-state index in [9.17, 15) is 14.4 Å². The molecular weight excluding hydrogens is 344 g/mol. The zero-order valence-electron chi connectivity index (χ0n) is 14.8. The highest BCUT2D eigenvalue weighted by Crippen LogP contribution is 2.30. The van der Waals surface area contributed by atoms with Gasteiger partial charge in [0, 0.05) is 30.4 Å². The van der Waals surface area contributed by atoms with Gasteiger partial charge in [0.15, 0.2) is 11.2 Å². The number of rotatable bonds is 3. The second-order valence-corrected chi connectivity index (χ2v) is 6.41. The lowest BCUT2D eigenvalue weighted by Crippen LogP contribution is -2.34. The summed E-state index contributed by atoms with van der Waals surface area (Å²) in [6.45, 7) is 2.55. The number of nitrogens with one attached hydrogen (secondary N) is 1. The smallest absolute Gasteiger partial charge is 0.291 e. The summed E-state index contributed by atoms with van der Waals surface area (Å²) in [7, 11) is 0. The molecule has 0 spiro atoms. The van der Waals surface area contributed by atoms with Crippen LogP contribution in [0, 0.1) is 0 Å². The second-order valence-electron chi connectivity index (χ2n) is 6.41. The molecule has 27 heavy (non-hydrogen) atoms. The van der Waals surface area contributed by atoms with Crippen LogP contribution in [0.1, 0.15) is 29.5 Å². The summed E-state index contributed by atoms with van der Waals surface area (Å²) < 4.78 is 5.57. The van der Waals surface area contributed by atoms with Gasteiger partial charge in [-0.1, -0.05) is 12.1 Å². The third-order valence-corrected chi connectivity index (χ3v) is 4.71. The van der Waals surface area contributed by atoms with Crippen molar-refractivity contribution >= 4 is 34.2 Å². The summed E-state index contributed by atoms with van der Waals surface area (Å²) in [5, 5.41) is 3.21. The number of benzene rings is 2. The molecule has 1 aliphatic rings. The fourth-order valence-corrected chi connectivity index (χ4v) is 3.39. The van der Waals surface area contributed by atoms with E-state index in [1.807, 2.05) is 19.1 Å². The molecule has 4 rings (SSSR count). The van der Waals surface area contributed by atoms with Gasteiger partial charge in [-0.2, -0.15) is 0 Å². The molecule has 0 saturated heterocycles. The van der Waals surface area contributed by atoms with Crippen LogP contribution in [0.3, 0.4) is 0 Å². The van der Waals surface area contributed by atoms with Gasteiger partial charge >= 0.3 is 0 Å². The van der Waals surface area contributed by atoms with Crippen molar-refractivity contribution in [3.05, 3.63) is 70.1 Å². The lowest BCUT2D eigenvalue weighted by atomic mass is 10.0. The zero-order valence-corrected chi connectivity index (χ0v) is 14.8. The zero-order chi connectivity index (χ0) is 19.0. The molecule has 0 fully saturated rings. The number of hydrogen-bond acceptors (Lipinski definition) is 4. The number of carbonyl (C=O) groups is 2. The molecule has 1 aliphatic heterocycles. The van der Waals surface area contributed by atoms with Gasteiger partial charge in [0.25, 0.3) is 5.91 Å². The molecule has 0 aliphatic carbocycles. The lowest BCUT2D eigenvalue weighted by Gasteiger charge is -2.28. The normalized spacial score (nSPS) is 13.5. The minimum atomic E-state index is -0.489. The van der Waals surface area contributed by atoms with E-state index in [1.165, 1.54) is 6.07 Å².